The van der Waals surface area contributed by atoms with Crippen LogP contribution in [-0.4, -0.2) is 13.1 Å². The summed E-state index contributed by atoms with van der Waals surface area (Å²) in [5.74, 6) is 0. The normalized spacial score (nSPS) is 13.4. The number of hydrogen-bond donors (Lipinski definition) is 0. The summed E-state index contributed by atoms with van der Waals surface area (Å²) in [4.78, 5) is 4.52. The van der Waals surface area contributed by atoms with Crippen LogP contribution in [-0.2, 0) is 0 Å². The topological polar surface area (TPSA) is 12.9 Å². The summed E-state index contributed by atoms with van der Waals surface area (Å²) >= 11 is 0. The van der Waals surface area contributed by atoms with Gasteiger partial charge in [0.1, 0.15) is 8.07 Å². The van der Waals surface area contributed by atoms with Crippen molar-refractivity contribution in [3.8, 4) is 44.6 Å². The van der Waals surface area contributed by atoms with Gasteiger partial charge in [-0.1, -0.05) is 98.0 Å². The smallest absolute Gasteiger partial charge is 0.113 e. The van der Waals surface area contributed by atoms with Crippen LogP contribution >= 0.6 is 0 Å². The third-order valence-electron chi connectivity index (χ3n) is 6.94. The van der Waals surface area contributed by atoms with E-state index >= 15 is 0 Å². The van der Waals surface area contributed by atoms with Crippen molar-refractivity contribution in [2.45, 2.75) is 13.1 Å². The van der Waals surface area contributed by atoms with E-state index in [1.165, 1.54) is 33.4 Å². The van der Waals surface area contributed by atoms with Gasteiger partial charge in [-0.15, -0.1) is 0 Å². The molecule has 2 heteroatoms. The molecule has 4 aromatic carbocycles. The molecule has 0 N–H and O–H groups in total. The van der Waals surface area contributed by atoms with Gasteiger partial charge in [0, 0.05) is 11.8 Å². The Morgan fingerprint density at radius 1 is 0.485 bits per heavy atom. The molecule has 0 unspecified atom stereocenters. The van der Waals surface area contributed by atoms with Crippen molar-refractivity contribution in [3.63, 3.8) is 0 Å². The fourth-order valence-corrected chi connectivity index (χ4v) is 8.26. The predicted octanol–water partition coefficient (Wildman–Crippen LogP) is 6.89. The van der Waals surface area contributed by atoms with Gasteiger partial charge in [-0.05, 0) is 68.0 Å². The number of rotatable bonds is 3. The fraction of sp³-hybridized carbons (Fsp3) is 0.0645. The largest absolute Gasteiger partial charge is 0.256 e. The summed E-state index contributed by atoms with van der Waals surface area (Å²) in [5.41, 5.74) is 9.99. The molecule has 1 aliphatic rings. The number of fused-ring (bicyclic) bond motifs is 3. The number of nitrogens with zero attached hydrogens (tertiary/aromatic N) is 1. The SMILES string of the molecule is C[Si]1(C)c2ccccc2-c2ccc(-c3cccc(-c4cccc(-c5ccccn5)c4)c3)cc21. The second kappa shape index (κ2) is 7.68. The number of benzene rings is 4. The molecule has 1 aromatic heterocycles. The lowest BCUT2D eigenvalue weighted by Crippen LogP contribution is -2.49. The van der Waals surface area contributed by atoms with E-state index in [0.717, 1.165) is 11.3 Å². The predicted molar refractivity (Wildman–Crippen MR) is 143 cm³/mol. The Hall–Kier alpha value is -3.75. The summed E-state index contributed by atoms with van der Waals surface area (Å²) < 4.78 is 0. The molecule has 33 heavy (non-hydrogen) atoms. The maximum Gasteiger partial charge on any atom is 0.113 e. The third kappa shape index (κ3) is 3.35. The molecule has 0 saturated carbocycles. The molecule has 0 spiro atoms. The van der Waals surface area contributed by atoms with Crippen molar-refractivity contribution in [1.82, 2.24) is 4.98 Å². The van der Waals surface area contributed by atoms with Crippen LogP contribution in [0.2, 0.25) is 13.1 Å². The highest BCUT2D eigenvalue weighted by Crippen LogP contribution is 2.33. The molecule has 6 rings (SSSR count). The Bertz CT molecular complexity index is 1480. The maximum absolute atomic E-state index is 4.52. The zero-order chi connectivity index (χ0) is 22.4. The van der Waals surface area contributed by atoms with Gasteiger partial charge in [-0.25, -0.2) is 0 Å². The Morgan fingerprint density at radius 2 is 1.09 bits per heavy atom. The second-order valence-electron chi connectivity index (χ2n) is 9.31. The van der Waals surface area contributed by atoms with Crippen molar-refractivity contribution >= 4 is 18.4 Å². The molecule has 0 bridgehead atoms. The van der Waals surface area contributed by atoms with E-state index in [2.05, 4.69) is 115 Å². The zero-order valence-electron chi connectivity index (χ0n) is 18.9. The second-order valence-corrected chi connectivity index (χ2v) is 13.6. The summed E-state index contributed by atoms with van der Waals surface area (Å²) in [6.45, 7) is 4.95. The minimum absolute atomic E-state index is 1.00. The van der Waals surface area contributed by atoms with Crippen LogP contribution in [0.5, 0.6) is 0 Å². The van der Waals surface area contributed by atoms with Gasteiger partial charge in [0.15, 0.2) is 0 Å². The molecule has 0 aliphatic carbocycles. The molecule has 1 nitrogen and oxygen atoms in total. The van der Waals surface area contributed by atoms with E-state index in [0.29, 0.717) is 0 Å². The van der Waals surface area contributed by atoms with Gasteiger partial charge in [0.2, 0.25) is 0 Å². The summed E-state index contributed by atoms with van der Waals surface area (Å²) in [7, 11) is -1.68. The Kier molecular flexibility index (Phi) is 4.63. The van der Waals surface area contributed by atoms with E-state index in [9.17, 15) is 0 Å². The first-order chi connectivity index (χ1) is 16.1. The number of aromatic nitrogens is 1. The average molecular weight is 440 g/mol. The van der Waals surface area contributed by atoms with Crippen LogP contribution in [0.1, 0.15) is 0 Å². The molecule has 0 amide bonds. The fourth-order valence-electron chi connectivity index (χ4n) is 5.15. The lowest BCUT2D eigenvalue weighted by Gasteiger charge is -2.19. The quantitative estimate of drug-likeness (QED) is 0.279. The van der Waals surface area contributed by atoms with Crippen LogP contribution in [0.3, 0.4) is 0 Å². The van der Waals surface area contributed by atoms with Crippen molar-refractivity contribution in [2.75, 3.05) is 0 Å². The molecule has 0 saturated heterocycles. The molecule has 1 aliphatic heterocycles. The third-order valence-corrected chi connectivity index (χ3v) is 10.5. The van der Waals surface area contributed by atoms with E-state index in [4.69, 9.17) is 0 Å². The van der Waals surface area contributed by atoms with E-state index in [1.54, 1.807) is 10.4 Å². The van der Waals surface area contributed by atoms with Crippen molar-refractivity contribution in [3.05, 3.63) is 115 Å². The van der Waals surface area contributed by atoms with Gasteiger partial charge in [0.25, 0.3) is 0 Å². The average Bonchev–Trinajstić information content (AvgIpc) is 3.11. The standard InChI is InChI=1S/C31H25NSi/c1-33(2)30-15-4-3-13-27(30)28-17-16-25(21-31(28)33)23-10-7-9-22(19-23)24-11-8-12-26(20-24)29-14-5-6-18-32-29/h3-21H,1-2H3. The monoisotopic (exact) mass is 439 g/mol. The molecular formula is C31H25NSi. The molecule has 5 aromatic rings. The molecule has 0 atom stereocenters. The van der Waals surface area contributed by atoms with Gasteiger partial charge in [-0.2, -0.15) is 0 Å². The van der Waals surface area contributed by atoms with E-state index in [-0.39, 0.29) is 0 Å². The highest BCUT2D eigenvalue weighted by Gasteiger charge is 2.37. The Labute approximate surface area is 196 Å². The first-order valence-electron chi connectivity index (χ1n) is 11.5. The van der Waals surface area contributed by atoms with Gasteiger partial charge < -0.3 is 0 Å². The summed E-state index contributed by atoms with van der Waals surface area (Å²) in [5, 5.41) is 3.10. The minimum atomic E-state index is -1.68. The summed E-state index contributed by atoms with van der Waals surface area (Å²) in [6.07, 6.45) is 1.85. The summed E-state index contributed by atoms with van der Waals surface area (Å²) in [6, 6.07) is 39.6. The Balaban J connectivity index is 1.40. The lowest BCUT2D eigenvalue weighted by molar-refractivity contribution is 1.33. The highest BCUT2D eigenvalue weighted by molar-refractivity contribution is 7.03. The van der Waals surface area contributed by atoms with Crippen LogP contribution in [0.4, 0.5) is 0 Å². The maximum atomic E-state index is 4.52. The molecule has 2 heterocycles. The minimum Gasteiger partial charge on any atom is -0.256 e. The van der Waals surface area contributed by atoms with Gasteiger partial charge in [0.05, 0.1) is 5.69 Å². The molecule has 158 valence electrons. The van der Waals surface area contributed by atoms with E-state index < -0.39 is 8.07 Å². The first kappa shape index (κ1) is 19.9. The van der Waals surface area contributed by atoms with Crippen LogP contribution in [0, 0.1) is 0 Å². The van der Waals surface area contributed by atoms with Crippen molar-refractivity contribution < 1.29 is 0 Å². The van der Waals surface area contributed by atoms with Gasteiger partial charge in [-0.3, -0.25) is 4.98 Å². The zero-order valence-corrected chi connectivity index (χ0v) is 19.9. The Morgan fingerprint density at radius 3 is 1.82 bits per heavy atom. The molecule has 0 fully saturated rings. The number of hydrogen-bond acceptors (Lipinski definition) is 1. The molecular weight excluding hydrogens is 414 g/mol. The van der Waals surface area contributed by atoms with Crippen LogP contribution in [0.25, 0.3) is 44.6 Å². The van der Waals surface area contributed by atoms with Crippen molar-refractivity contribution in [1.29, 1.82) is 0 Å². The van der Waals surface area contributed by atoms with Crippen LogP contribution in [0.15, 0.2) is 115 Å². The highest BCUT2D eigenvalue weighted by atomic mass is 28.3. The van der Waals surface area contributed by atoms with Crippen molar-refractivity contribution in [2.24, 2.45) is 0 Å². The van der Waals surface area contributed by atoms with Gasteiger partial charge >= 0.3 is 0 Å². The number of pyridine rings is 1. The van der Waals surface area contributed by atoms with E-state index in [1.807, 2.05) is 18.3 Å². The first-order valence-corrected chi connectivity index (χ1v) is 14.5. The van der Waals surface area contributed by atoms with Crippen LogP contribution < -0.4 is 10.4 Å². The molecule has 0 radical (unpaired) electrons. The lowest BCUT2D eigenvalue weighted by atomic mass is 9.96.